The van der Waals surface area contributed by atoms with Crippen molar-refractivity contribution in [3.63, 3.8) is 0 Å². The summed E-state index contributed by atoms with van der Waals surface area (Å²) in [5.41, 5.74) is 0. The van der Waals surface area contributed by atoms with E-state index in [1.54, 1.807) is 0 Å². The molecule has 0 aliphatic carbocycles. The van der Waals surface area contributed by atoms with Gasteiger partial charge in [-0.2, -0.15) is 0 Å². The summed E-state index contributed by atoms with van der Waals surface area (Å²) in [6.45, 7) is 0. The predicted octanol–water partition coefficient (Wildman–Crippen LogP) is 0.279. The van der Waals surface area contributed by atoms with Gasteiger partial charge in [-0.3, -0.25) is 0 Å². The Morgan fingerprint density at radius 3 is 2.22 bits per heavy atom. The molecular formula is C4H4O5. The summed E-state index contributed by atoms with van der Waals surface area (Å²) in [6.07, 6.45) is -0.383. The highest BCUT2D eigenvalue weighted by Gasteiger charge is 1.90. The average Bonchev–Trinajstić information content (AvgIpc) is 1.63. The molecule has 0 aliphatic rings. The minimum absolute atomic E-state index is 0.574. The number of aliphatic carboxylic acids is 1. The molecule has 0 saturated heterocycles. The van der Waals surface area contributed by atoms with E-state index in [-0.39, 0.29) is 0 Å². The van der Waals surface area contributed by atoms with Crippen LogP contribution in [-0.2, 0) is 9.53 Å². The van der Waals surface area contributed by atoms with Crippen molar-refractivity contribution in [2.45, 2.75) is 0 Å². The molecule has 0 aromatic carbocycles. The van der Waals surface area contributed by atoms with E-state index in [1.807, 2.05) is 0 Å². The zero-order valence-corrected chi connectivity index (χ0v) is 4.27. The van der Waals surface area contributed by atoms with Gasteiger partial charge < -0.3 is 14.9 Å². The largest absolute Gasteiger partial charge is 0.510 e. The fourth-order valence-corrected chi connectivity index (χ4v) is 0.150. The maximum absolute atomic E-state index is 9.62. The third kappa shape index (κ3) is 6.48. The fourth-order valence-electron chi connectivity index (χ4n) is 0.150. The molecule has 0 heterocycles. The number of ether oxygens (including phenoxy) is 1. The van der Waals surface area contributed by atoms with Gasteiger partial charge in [0.25, 0.3) is 0 Å². The molecule has 2 N–H and O–H groups in total. The van der Waals surface area contributed by atoms with E-state index in [4.69, 9.17) is 10.2 Å². The second-order valence-electron chi connectivity index (χ2n) is 1.02. The van der Waals surface area contributed by atoms with Crippen LogP contribution in [0.4, 0.5) is 4.79 Å². The molecule has 0 aromatic rings. The molecular weight excluding hydrogens is 128 g/mol. The van der Waals surface area contributed by atoms with Crippen molar-refractivity contribution >= 4 is 12.1 Å². The van der Waals surface area contributed by atoms with E-state index >= 15 is 0 Å². The van der Waals surface area contributed by atoms with E-state index in [0.717, 1.165) is 0 Å². The zero-order valence-electron chi connectivity index (χ0n) is 4.27. The van der Waals surface area contributed by atoms with Gasteiger partial charge >= 0.3 is 12.1 Å². The van der Waals surface area contributed by atoms with Crippen LogP contribution >= 0.6 is 0 Å². The summed E-state index contributed by atoms with van der Waals surface area (Å²) in [7, 11) is 0. The van der Waals surface area contributed by atoms with Crippen molar-refractivity contribution in [2.75, 3.05) is 0 Å². The van der Waals surface area contributed by atoms with Crippen LogP contribution in [0.15, 0.2) is 12.3 Å². The molecule has 50 valence electrons. The third-order valence-corrected chi connectivity index (χ3v) is 0.379. The van der Waals surface area contributed by atoms with E-state index in [2.05, 4.69) is 4.74 Å². The Hall–Kier alpha value is -1.52. The fraction of sp³-hybridized carbons (Fsp3) is 0. The minimum Gasteiger partial charge on any atom is -0.478 e. The molecule has 0 bridgehead atoms. The zero-order chi connectivity index (χ0) is 7.28. The van der Waals surface area contributed by atoms with Crippen molar-refractivity contribution in [1.29, 1.82) is 0 Å². The maximum atomic E-state index is 9.62. The SMILES string of the molecule is O=C(O)/C=C/OC(=O)O. The highest BCUT2D eigenvalue weighted by atomic mass is 16.7. The summed E-state index contributed by atoms with van der Waals surface area (Å²) in [5, 5.41) is 15.6. The summed E-state index contributed by atoms with van der Waals surface area (Å²) in [4.78, 5) is 19.1. The Morgan fingerprint density at radius 1 is 1.33 bits per heavy atom. The second kappa shape index (κ2) is 3.48. The molecule has 0 fully saturated rings. The Kier molecular flexibility index (Phi) is 2.89. The maximum Gasteiger partial charge on any atom is 0.510 e. The van der Waals surface area contributed by atoms with Gasteiger partial charge in [0.15, 0.2) is 0 Å². The third-order valence-electron chi connectivity index (χ3n) is 0.379. The molecule has 0 amide bonds. The molecule has 0 rings (SSSR count). The van der Waals surface area contributed by atoms with Crippen molar-refractivity contribution < 1.29 is 24.5 Å². The number of carbonyl (C=O) groups is 2. The number of hydrogen-bond acceptors (Lipinski definition) is 3. The van der Waals surface area contributed by atoms with Crippen LogP contribution in [0.25, 0.3) is 0 Å². The normalized spacial score (nSPS) is 9.33. The first-order valence-corrected chi connectivity index (χ1v) is 1.92. The predicted molar refractivity (Wildman–Crippen MR) is 25.9 cm³/mol. The molecule has 0 saturated carbocycles. The molecule has 5 nitrogen and oxygen atoms in total. The molecule has 9 heavy (non-hydrogen) atoms. The van der Waals surface area contributed by atoms with Gasteiger partial charge in [-0.1, -0.05) is 0 Å². The number of hydrogen-bond donors (Lipinski definition) is 2. The summed E-state index contributed by atoms with van der Waals surface area (Å²) in [5.74, 6) is -1.25. The van der Waals surface area contributed by atoms with Gasteiger partial charge in [0, 0.05) is 0 Å². The summed E-state index contributed by atoms with van der Waals surface area (Å²) >= 11 is 0. The Labute approximate surface area is 50.2 Å². The Balaban J connectivity index is 3.48. The molecule has 0 aliphatic heterocycles. The van der Waals surface area contributed by atoms with Gasteiger partial charge in [-0.15, -0.1) is 0 Å². The quantitative estimate of drug-likeness (QED) is 0.320. The molecule has 0 unspecified atom stereocenters. The second-order valence-corrected chi connectivity index (χ2v) is 1.02. The van der Waals surface area contributed by atoms with Crippen molar-refractivity contribution in [3.05, 3.63) is 12.3 Å². The lowest BCUT2D eigenvalue weighted by Crippen LogP contribution is -1.94. The topological polar surface area (TPSA) is 83.8 Å². The molecule has 0 atom stereocenters. The average molecular weight is 132 g/mol. The lowest BCUT2D eigenvalue weighted by molar-refractivity contribution is -0.131. The monoisotopic (exact) mass is 132 g/mol. The van der Waals surface area contributed by atoms with E-state index in [1.165, 1.54) is 0 Å². The van der Waals surface area contributed by atoms with Crippen molar-refractivity contribution in [2.24, 2.45) is 0 Å². The first kappa shape index (κ1) is 7.48. The van der Waals surface area contributed by atoms with E-state index in [9.17, 15) is 9.59 Å². The van der Waals surface area contributed by atoms with Gasteiger partial charge in [0.05, 0.1) is 6.08 Å². The van der Waals surface area contributed by atoms with Crippen LogP contribution in [0.1, 0.15) is 0 Å². The van der Waals surface area contributed by atoms with Crippen LogP contribution < -0.4 is 0 Å². The lowest BCUT2D eigenvalue weighted by Gasteiger charge is -1.84. The van der Waals surface area contributed by atoms with Gasteiger partial charge in [-0.25, -0.2) is 9.59 Å². The lowest BCUT2D eigenvalue weighted by atomic mass is 10.6. The van der Waals surface area contributed by atoms with E-state index < -0.39 is 12.1 Å². The van der Waals surface area contributed by atoms with Crippen LogP contribution in [0.2, 0.25) is 0 Å². The number of rotatable bonds is 2. The Morgan fingerprint density at radius 2 is 1.89 bits per heavy atom. The highest BCUT2D eigenvalue weighted by Crippen LogP contribution is 1.77. The first-order chi connectivity index (χ1) is 4.13. The number of carboxylic acids is 1. The Bertz CT molecular complexity index is 147. The summed E-state index contributed by atoms with van der Waals surface area (Å²) in [6, 6.07) is 0. The van der Waals surface area contributed by atoms with Gasteiger partial charge in [-0.05, 0) is 0 Å². The standard InChI is InChI=1S/C4H4O5/c5-3(6)1-2-9-4(7)8/h1-2H,(H,5,6)(H,7,8)/b2-1+. The summed E-state index contributed by atoms with van der Waals surface area (Å²) < 4.78 is 3.71. The van der Waals surface area contributed by atoms with Crippen molar-refractivity contribution in [1.82, 2.24) is 0 Å². The van der Waals surface area contributed by atoms with Gasteiger partial charge in [0.1, 0.15) is 6.26 Å². The van der Waals surface area contributed by atoms with Gasteiger partial charge in [0.2, 0.25) is 0 Å². The van der Waals surface area contributed by atoms with Crippen LogP contribution in [0, 0.1) is 0 Å². The van der Waals surface area contributed by atoms with E-state index in [0.29, 0.717) is 12.3 Å². The van der Waals surface area contributed by atoms with Crippen molar-refractivity contribution in [3.8, 4) is 0 Å². The number of carboxylic acid groups (broad SMARTS) is 2. The first-order valence-electron chi connectivity index (χ1n) is 1.92. The van der Waals surface area contributed by atoms with Crippen LogP contribution in [0.3, 0.4) is 0 Å². The molecule has 0 spiro atoms. The van der Waals surface area contributed by atoms with Crippen LogP contribution in [-0.4, -0.2) is 22.3 Å². The molecule has 0 aromatic heterocycles. The molecule has 5 heteroatoms. The molecule has 0 radical (unpaired) electrons. The minimum atomic E-state index is -1.53. The smallest absolute Gasteiger partial charge is 0.478 e. The highest BCUT2D eigenvalue weighted by molar-refractivity contribution is 5.79. The van der Waals surface area contributed by atoms with Crippen LogP contribution in [0.5, 0.6) is 0 Å².